The van der Waals surface area contributed by atoms with Crippen LogP contribution < -0.4 is 5.32 Å². The number of nitrogens with zero attached hydrogens (tertiary/aromatic N) is 1. The van der Waals surface area contributed by atoms with Crippen molar-refractivity contribution in [2.24, 2.45) is 11.8 Å². The Morgan fingerprint density at radius 1 is 1.24 bits per heavy atom. The van der Waals surface area contributed by atoms with Crippen LogP contribution in [0.5, 0.6) is 0 Å². The summed E-state index contributed by atoms with van der Waals surface area (Å²) in [5.74, 6) is -1.86. The topological polar surface area (TPSA) is 86.7 Å². The van der Waals surface area contributed by atoms with E-state index in [0.717, 1.165) is 5.56 Å². The molecule has 1 aromatic rings. The summed E-state index contributed by atoms with van der Waals surface area (Å²) in [5.41, 5.74) is 0.888. The highest BCUT2D eigenvalue weighted by Crippen LogP contribution is 2.19. The Morgan fingerprint density at radius 3 is 2.52 bits per heavy atom. The Labute approximate surface area is 148 Å². The number of piperidine rings is 1. The molecule has 6 heteroatoms. The van der Waals surface area contributed by atoms with Gasteiger partial charge in [-0.2, -0.15) is 0 Å². The summed E-state index contributed by atoms with van der Waals surface area (Å²) in [4.78, 5) is 37.9. The van der Waals surface area contributed by atoms with Gasteiger partial charge in [-0.15, -0.1) is 0 Å². The number of carboxylic acid groups (broad SMARTS) is 1. The molecule has 0 bridgehead atoms. The number of hydrogen-bond acceptors (Lipinski definition) is 3. The van der Waals surface area contributed by atoms with Crippen LogP contribution in [-0.4, -0.2) is 46.9 Å². The number of nitrogens with one attached hydrogen (secondary N) is 1. The first kappa shape index (κ1) is 19.0. The van der Waals surface area contributed by atoms with Crippen molar-refractivity contribution < 1.29 is 19.5 Å². The van der Waals surface area contributed by atoms with Gasteiger partial charge in [0.1, 0.15) is 6.04 Å². The molecule has 2 N–H and O–H groups in total. The van der Waals surface area contributed by atoms with Crippen LogP contribution in [-0.2, 0) is 20.8 Å². The fraction of sp³-hybridized carbons (Fsp3) is 0.526. The fourth-order valence-corrected chi connectivity index (χ4v) is 3.09. The summed E-state index contributed by atoms with van der Waals surface area (Å²) in [6.45, 7) is 4.51. The van der Waals surface area contributed by atoms with Crippen molar-refractivity contribution in [3.05, 3.63) is 35.9 Å². The van der Waals surface area contributed by atoms with E-state index < -0.39 is 17.9 Å². The van der Waals surface area contributed by atoms with Crippen LogP contribution in [0.3, 0.4) is 0 Å². The van der Waals surface area contributed by atoms with Gasteiger partial charge in [-0.1, -0.05) is 44.2 Å². The third-order valence-corrected chi connectivity index (χ3v) is 4.54. The smallest absolute Gasteiger partial charge is 0.308 e. The normalized spacial score (nSPS) is 18.7. The summed E-state index contributed by atoms with van der Waals surface area (Å²) in [7, 11) is 0. The van der Waals surface area contributed by atoms with E-state index in [9.17, 15) is 19.5 Å². The monoisotopic (exact) mass is 346 g/mol. The Bertz CT molecular complexity index is 615. The van der Waals surface area contributed by atoms with Gasteiger partial charge in [-0.05, 0) is 24.3 Å². The number of rotatable bonds is 6. The van der Waals surface area contributed by atoms with E-state index in [1.165, 1.54) is 0 Å². The lowest BCUT2D eigenvalue weighted by Gasteiger charge is -2.34. The van der Waals surface area contributed by atoms with E-state index in [0.29, 0.717) is 19.4 Å². The van der Waals surface area contributed by atoms with Crippen LogP contribution >= 0.6 is 0 Å². The summed E-state index contributed by atoms with van der Waals surface area (Å²) >= 11 is 0. The Hall–Kier alpha value is -2.37. The van der Waals surface area contributed by atoms with Gasteiger partial charge < -0.3 is 15.3 Å². The second-order valence-electron chi connectivity index (χ2n) is 6.91. The van der Waals surface area contributed by atoms with E-state index in [2.05, 4.69) is 5.32 Å². The molecule has 2 amide bonds. The number of carbonyl (C=O) groups excluding carboxylic acids is 2. The molecule has 1 heterocycles. The van der Waals surface area contributed by atoms with Crippen molar-refractivity contribution in [1.82, 2.24) is 10.2 Å². The zero-order chi connectivity index (χ0) is 18.4. The van der Waals surface area contributed by atoms with Gasteiger partial charge in [0.25, 0.3) is 0 Å². The SMILES string of the molecule is CC(C)C(NC(=O)Cc1ccccc1)C(=O)N1CCC[C@H](C(=O)O)C1. The van der Waals surface area contributed by atoms with E-state index >= 15 is 0 Å². The van der Waals surface area contributed by atoms with E-state index in [1.807, 2.05) is 44.2 Å². The molecule has 0 aromatic heterocycles. The van der Waals surface area contributed by atoms with E-state index in [-0.39, 0.29) is 30.7 Å². The molecule has 1 unspecified atom stereocenters. The van der Waals surface area contributed by atoms with Crippen molar-refractivity contribution in [1.29, 1.82) is 0 Å². The molecule has 1 aliphatic heterocycles. The maximum absolute atomic E-state index is 12.8. The highest BCUT2D eigenvalue weighted by molar-refractivity contribution is 5.89. The van der Waals surface area contributed by atoms with Crippen LogP contribution in [0.4, 0.5) is 0 Å². The molecule has 2 rings (SSSR count). The van der Waals surface area contributed by atoms with Crippen LogP contribution in [0.1, 0.15) is 32.3 Å². The number of hydrogen-bond donors (Lipinski definition) is 2. The van der Waals surface area contributed by atoms with Crippen LogP contribution in [0.15, 0.2) is 30.3 Å². The molecule has 1 aliphatic rings. The average molecular weight is 346 g/mol. The van der Waals surface area contributed by atoms with E-state index in [4.69, 9.17) is 0 Å². The fourth-order valence-electron chi connectivity index (χ4n) is 3.09. The first-order valence-corrected chi connectivity index (χ1v) is 8.73. The molecule has 0 saturated carbocycles. The molecule has 25 heavy (non-hydrogen) atoms. The molecule has 1 fully saturated rings. The standard InChI is InChI=1S/C19H26N2O4/c1-13(2)17(20-16(22)11-14-7-4-3-5-8-14)18(23)21-10-6-9-15(12-21)19(24)25/h3-5,7-8,13,15,17H,6,9-12H2,1-2H3,(H,20,22)(H,24,25)/t15-,17?/m0/s1. The average Bonchev–Trinajstić information content (AvgIpc) is 2.60. The van der Waals surface area contributed by atoms with Gasteiger partial charge in [0.15, 0.2) is 0 Å². The first-order chi connectivity index (χ1) is 11.9. The minimum atomic E-state index is -0.869. The molecule has 0 spiro atoms. The maximum Gasteiger partial charge on any atom is 0.308 e. The van der Waals surface area contributed by atoms with Crippen molar-refractivity contribution in [2.75, 3.05) is 13.1 Å². The van der Waals surface area contributed by atoms with Gasteiger partial charge in [-0.25, -0.2) is 0 Å². The zero-order valence-electron chi connectivity index (χ0n) is 14.8. The van der Waals surface area contributed by atoms with Gasteiger partial charge in [-0.3, -0.25) is 14.4 Å². The molecule has 1 aromatic carbocycles. The largest absolute Gasteiger partial charge is 0.481 e. The predicted molar refractivity (Wildman–Crippen MR) is 93.9 cm³/mol. The third-order valence-electron chi connectivity index (χ3n) is 4.54. The Morgan fingerprint density at radius 2 is 1.92 bits per heavy atom. The van der Waals surface area contributed by atoms with E-state index in [1.54, 1.807) is 4.90 Å². The lowest BCUT2D eigenvalue weighted by Crippen LogP contribution is -2.54. The third kappa shape index (κ3) is 5.31. The molecule has 1 saturated heterocycles. The minimum Gasteiger partial charge on any atom is -0.481 e. The summed E-state index contributed by atoms with van der Waals surface area (Å²) < 4.78 is 0. The second kappa shape index (κ2) is 8.65. The molecular formula is C19H26N2O4. The maximum atomic E-state index is 12.8. The van der Waals surface area contributed by atoms with Gasteiger partial charge in [0, 0.05) is 13.1 Å². The Kier molecular flexibility index (Phi) is 6.56. The van der Waals surface area contributed by atoms with Crippen molar-refractivity contribution in [3.8, 4) is 0 Å². The summed E-state index contributed by atoms with van der Waals surface area (Å²) in [6.07, 6.45) is 1.48. The van der Waals surface area contributed by atoms with Crippen LogP contribution in [0.25, 0.3) is 0 Å². The lowest BCUT2D eigenvalue weighted by molar-refractivity contribution is -0.147. The summed E-state index contributed by atoms with van der Waals surface area (Å²) in [5, 5.41) is 12.0. The lowest BCUT2D eigenvalue weighted by atomic mass is 9.95. The van der Waals surface area contributed by atoms with Crippen molar-refractivity contribution >= 4 is 17.8 Å². The molecule has 0 radical (unpaired) electrons. The van der Waals surface area contributed by atoms with Crippen molar-refractivity contribution in [2.45, 2.75) is 39.2 Å². The Balaban J connectivity index is 2.00. The number of likely N-dealkylation sites (tertiary alicyclic amines) is 1. The second-order valence-corrected chi connectivity index (χ2v) is 6.91. The highest BCUT2D eigenvalue weighted by Gasteiger charge is 2.33. The molecule has 6 nitrogen and oxygen atoms in total. The molecule has 136 valence electrons. The zero-order valence-corrected chi connectivity index (χ0v) is 14.8. The quantitative estimate of drug-likeness (QED) is 0.821. The first-order valence-electron chi connectivity index (χ1n) is 8.73. The number of amides is 2. The van der Waals surface area contributed by atoms with Gasteiger partial charge >= 0.3 is 5.97 Å². The minimum absolute atomic E-state index is 0.0718. The van der Waals surface area contributed by atoms with Gasteiger partial charge in [0.2, 0.25) is 11.8 Å². The number of benzene rings is 1. The highest BCUT2D eigenvalue weighted by atomic mass is 16.4. The number of carboxylic acids is 1. The molecule has 0 aliphatic carbocycles. The number of carbonyl (C=O) groups is 3. The molecule has 2 atom stereocenters. The predicted octanol–water partition coefficient (Wildman–Crippen LogP) is 1.69. The summed E-state index contributed by atoms with van der Waals surface area (Å²) in [6, 6.07) is 8.73. The van der Waals surface area contributed by atoms with Crippen molar-refractivity contribution in [3.63, 3.8) is 0 Å². The van der Waals surface area contributed by atoms with Crippen LogP contribution in [0.2, 0.25) is 0 Å². The number of aliphatic carboxylic acids is 1. The molecular weight excluding hydrogens is 320 g/mol. The van der Waals surface area contributed by atoms with Crippen LogP contribution in [0, 0.1) is 11.8 Å². The van der Waals surface area contributed by atoms with Gasteiger partial charge in [0.05, 0.1) is 12.3 Å².